The molecule has 30 heavy (non-hydrogen) atoms. The van der Waals surface area contributed by atoms with Gasteiger partial charge < -0.3 is 15.4 Å². The summed E-state index contributed by atoms with van der Waals surface area (Å²) in [6.45, 7) is 0. The Morgan fingerprint density at radius 3 is 2.40 bits per heavy atom. The van der Waals surface area contributed by atoms with E-state index in [9.17, 15) is 9.59 Å². The van der Waals surface area contributed by atoms with E-state index in [1.165, 1.54) is 6.42 Å². The number of thiocarbonyl (C=S) groups is 1. The highest BCUT2D eigenvalue weighted by atomic mass is 79.9. The van der Waals surface area contributed by atoms with E-state index in [1.54, 1.807) is 31.4 Å². The Labute approximate surface area is 189 Å². The highest BCUT2D eigenvalue weighted by molar-refractivity contribution is 9.10. The van der Waals surface area contributed by atoms with Crippen molar-refractivity contribution in [3.05, 3.63) is 52.5 Å². The second-order valence-corrected chi connectivity index (χ2v) is 8.43. The third kappa shape index (κ3) is 6.03. The van der Waals surface area contributed by atoms with Crippen molar-refractivity contribution in [2.45, 2.75) is 32.1 Å². The third-order valence-corrected chi connectivity index (χ3v) is 5.83. The van der Waals surface area contributed by atoms with Crippen LogP contribution in [0.25, 0.3) is 0 Å². The molecule has 0 spiro atoms. The molecule has 0 radical (unpaired) electrons. The molecule has 0 bridgehead atoms. The predicted molar refractivity (Wildman–Crippen MR) is 126 cm³/mol. The summed E-state index contributed by atoms with van der Waals surface area (Å²) >= 11 is 8.62. The van der Waals surface area contributed by atoms with Crippen LogP contribution in [0, 0.1) is 5.92 Å². The van der Waals surface area contributed by atoms with Crippen LogP contribution in [0.15, 0.2) is 46.9 Å². The molecule has 1 aliphatic carbocycles. The van der Waals surface area contributed by atoms with Gasteiger partial charge in [0.05, 0.1) is 11.6 Å². The largest absolute Gasteiger partial charge is 0.496 e. The Kier molecular flexibility index (Phi) is 7.81. The highest BCUT2D eigenvalue weighted by Gasteiger charge is 2.21. The molecular formula is C22H24BrN3O3S. The average molecular weight is 490 g/mol. The molecular weight excluding hydrogens is 466 g/mol. The van der Waals surface area contributed by atoms with Crippen LogP contribution in [-0.2, 0) is 4.79 Å². The molecule has 1 fully saturated rings. The maximum Gasteiger partial charge on any atom is 0.257 e. The Morgan fingerprint density at radius 1 is 1.03 bits per heavy atom. The molecule has 2 aromatic carbocycles. The highest BCUT2D eigenvalue weighted by Crippen LogP contribution is 2.26. The Hall–Kier alpha value is -2.45. The van der Waals surface area contributed by atoms with Crippen molar-refractivity contribution >= 4 is 56.4 Å². The summed E-state index contributed by atoms with van der Waals surface area (Å²) < 4.78 is 5.85. The number of benzene rings is 2. The molecule has 1 saturated carbocycles. The second kappa shape index (κ2) is 10.5. The number of hydrogen-bond donors (Lipinski definition) is 3. The molecule has 0 heterocycles. The van der Waals surface area contributed by atoms with Gasteiger partial charge in [-0.25, -0.2) is 0 Å². The second-order valence-electron chi connectivity index (χ2n) is 7.16. The lowest BCUT2D eigenvalue weighted by Gasteiger charge is -2.21. The van der Waals surface area contributed by atoms with Crippen molar-refractivity contribution in [3.8, 4) is 5.75 Å². The minimum absolute atomic E-state index is 0.0628. The van der Waals surface area contributed by atoms with Gasteiger partial charge in [0, 0.05) is 22.9 Å². The standard InChI is InChI=1S/C22H24BrN3O3S/c1-29-19-11-10-15(12-18(19)23)21(28)26-22(30)25-17-9-5-8-16(13-17)24-20(27)14-6-3-2-4-7-14/h5,8-14H,2-4,6-7H2,1H3,(H,24,27)(H2,25,26,28,30). The van der Waals surface area contributed by atoms with E-state index in [4.69, 9.17) is 17.0 Å². The fraction of sp³-hybridized carbons (Fsp3) is 0.318. The lowest BCUT2D eigenvalue weighted by Crippen LogP contribution is -2.34. The molecule has 3 N–H and O–H groups in total. The number of ether oxygens (including phenoxy) is 1. The molecule has 0 unspecified atom stereocenters. The van der Waals surface area contributed by atoms with E-state index in [0.29, 0.717) is 27.2 Å². The summed E-state index contributed by atoms with van der Waals surface area (Å²) in [5.41, 5.74) is 1.82. The molecule has 2 aromatic rings. The van der Waals surface area contributed by atoms with Crippen molar-refractivity contribution in [2.24, 2.45) is 5.92 Å². The number of methoxy groups -OCH3 is 1. The molecule has 0 aliphatic heterocycles. The predicted octanol–water partition coefficient (Wildman–Crippen LogP) is 5.10. The van der Waals surface area contributed by atoms with E-state index in [1.807, 2.05) is 18.2 Å². The zero-order chi connectivity index (χ0) is 21.5. The number of carbonyl (C=O) groups excluding carboxylic acids is 2. The lowest BCUT2D eigenvalue weighted by molar-refractivity contribution is -0.120. The number of carbonyl (C=O) groups is 2. The number of nitrogens with one attached hydrogen (secondary N) is 3. The fourth-order valence-electron chi connectivity index (χ4n) is 3.43. The van der Waals surface area contributed by atoms with E-state index in [0.717, 1.165) is 25.7 Å². The molecule has 8 heteroatoms. The quantitative estimate of drug-likeness (QED) is 0.508. The SMILES string of the molecule is COc1ccc(C(=O)NC(=S)Nc2cccc(NC(=O)C3CCCCC3)c2)cc1Br. The van der Waals surface area contributed by atoms with Crippen molar-refractivity contribution in [1.29, 1.82) is 0 Å². The molecule has 3 rings (SSSR count). The first-order chi connectivity index (χ1) is 14.5. The first-order valence-electron chi connectivity index (χ1n) is 9.83. The Balaban J connectivity index is 1.57. The molecule has 0 atom stereocenters. The Bertz CT molecular complexity index is 945. The maximum absolute atomic E-state index is 12.4. The normalized spacial score (nSPS) is 13.9. The first kappa shape index (κ1) is 22.2. The number of halogens is 1. The molecule has 0 saturated heterocycles. The van der Waals surface area contributed by atoms with E-state index in [2.05, 4.69) is 31.9 Å². The van der Waals surface area contributed by atoms with Gasteiger partial charge in [-0.15, -0.1) is 0 Å². The Morgan fingerprint density at radius 2 is 1.73 bits per heavy atom. The molecule has 0 aromatic heterocycles. The van der Waals surface area contributed by atoms with Gasteiger partial charge >= 0.3 is 0 Å². The first-order valence-corrected chi connectivity index (χ1v) is 11.0. The van der Waals surface area contributed by atoms with Crippen LogP contribution >= 0.6 is 28.1 Å². The van der Waals surface area contributed by atoms with Crippen LogP contribution in [0.4, 0.5) is 11.4 Å². The zero-order valence-corrected chi connectivity index (χ0v) is 19.1. The summed E-state index contributed by atoms with van der Waals surface area (Å²) in [6.07, 6.45) is 5.32. The van der Waals surface area contributed by atoms with Gasteiger partial charge in [0.25, 0.3) is 5.91 Å². The smallest absolute Gasteiger partial charge is 0.257 e. The van der Waals surface area contributed by atoms with Crippen molar-refractivity contribution in [2.75, 3.05) is 17.7 Å². The summed E-state index contributed by atoms with van der Waals surface area (Å²) in [5.74, 6) is 0.448. The average Bonchev–Trinajstić information content (AvgIpc) is 2.74. The van der Waals surface area contributed by atoms with Crippen molar-refractivity contribution in [1.82, 2.24) is 5.32 Å². The fourth-order valence-corrected chi connectivity index (χ4v) is 4.18. The van der Waals surface area contributed by atoms with Gasteiger partial charge in [0.1, 0.15) is 5.75 Å². The summed E-state index contributed by atoms with van der Waals surface area (Å²) in [7, 11) is 1.56. The van der Waals surface area contributed by atoms with Gasteiger partial charge in [-0.2, -0.15) is 0 Å². The number of rotatable bonds is 5. The van der Waals surface area contributed by atoms with Crippen LogP contribution in [0.3, 0.4) is 0 Å². The van der Waals surface area contributed by atoms with E-state index >= 15 is 0 Å². The summed E-state index contributed by atoms with van der Waals surface area (Å²) in [6, 6.07) is 12.3. The van der Waals surface area contributed by atoms with Crippen LogP contribution in [0.5, 0.6) is 5.75 Å². The van der Waals surface area contributed by atoms with Crippen molar-refractivity contribution in [3.63, 3.8) is 0 Å². The van der Waals surface area contributed by atoms with Crippen molar-refractivity contribution < 1.29 is 14.3 Å². The van der Waals surface area contributed by atoms with Crippen LogP contribution in [-0.4, -0.2) is 24.0 Å². The maximum atomic E-state index is 12.4. The number of hydrogen-bond acceptors (Lipinski definition) is 4. The number of amides is 2. The van der Waals surface area contributed by atoms with Crippen LogP contribution in [0.2, 0.25) is 0 Å². The van der Waals surface area contributed by atoms with E-state index in [-0.39, 0.29) is 22.8 Å². The summed E-state index contributed by atoms with van der Waals surface area (Å²) in [5, 5.41) is 8.79. The molecule has 6 nitrogen and oxygen atoms in total. The topological polar surface area (TPSA) is 79.5 Å². The lowest BCUT2D eigenvalue weighted by atomic mass is 9.88. The van der Waals surface area contributed by atoms with Gasteiger partial charge in [-0.05, 0) is 77.4 Å². The monoisotopic (exact) mass is 489 g/mol. The molecule has 1 aliphatic rings. The van der Waals surface area contributed by atoms with Gasteiger partial charge in [0.2, 0.25) is 5.91 Å². The molecule has 2 amide bonds. The zero-order valence-electron chi connectivity index (χ0n) is 16.7. The number of anilines is 2. The third-order valence-electron chi connectivity index (χ3n) is 5.00. The van der Waals surface area contributed by atoms with Gasteiger partial charge in [-0.1, -0.05) is 25.3 Å². The molecule has 158 valence electrons. The van der Waals surface area contributed by atoms with E-state index < -0.39 is 0 Å². The van der Waals surface area contributed by atoms with Gasteiger partial charge in [0.15, 0.2) is 5.11 Å². The van der Waals surface area contributed by atoms with Crippen LogP contribution < -0.4 is 20.7 Å². The summed E-state index contributed by atoms with van der Waals surface area (Å²) in [4.78, 5) is 24.9. The van der Waals surface area contributed by atoms with Gasteiger partial charge in [-0.3, -0.25) is 14.9 Å². The minimum Gasteiger partial charge on any atom is -0.496 e. The van der Waals surface area contributed by atoms with Crippen LogP contribution in [0.1, 0.15) is 42.5 Å². The minimum atomic E-state index is -0.336.